The summed E-state index contributed by atoms with van der Waals surface area (Å²) in [7, 11) is -3.84. The van der Waals surface area contributed by atoms with Gasteiger partial charge in [-0.15, -0.1) is 0 Å². The van der Waals surface area contributed by atoms with Crippen molar-refractivity contribution in [2.45, 2.75) is 46.2 Å². The Morgan fingerprint density at radius 3 is 2.15 bits per heavy atom. The Morgan fingerprint density at radius 2 is 1.59 bits per heavy atom. The molecule has 0 radical (unpaired) electrons. The summed E-state index contributed by atoms with van der Waals surface area (Å²) in [5.41, 5.74) is 2.84. The summed E-state index contributed by atoms with van der Waals surface area (Å²) >= 11 is 12.6. The molecule has 0 saturated heterocycles. The van der Waals surface area contributed by atoms with Gasteiger partial charge in [0.25, 0.3) is 0 Å². The molecule has 0 aromatic heterocycles. The van der Waals surface area contributed by atoms with Gasteiger partial charge in [-0.25, -0.2) is 8.42 Å². The van der Waals surface area contributed by atoms with Crippen molar-refractivity contribution in [1.29, 1.82) is 0 Å². The fraction of sp³-hybridized carbons (Fsp3) is 0.355. The summed E-state index contributed by atoms with van der Waals surface area (Å²) in [6.07, 6.45) is 2.08. The molecule has 1 atom stereocenters. The second-order valence-corrected chi connectivity index (χ2v) is 13.1. The molecule has 10 heteroatoms. The van der Waals surface area contributed by atoms with Crippen LogP contribution in [0, 0.1) is 5.92 Å². The fourth-order valence-electron chi connectivity index (χ4n) is 4.32. The Hall–Kier alpha value is -3.07. The molecular weight excluding hydrogens is 581 g/mol. The second-order valence-electron chi connectivity index (χ2n) is 10.4. The predicted octanol–water partition coefficient (Wildman–Crippen LogP) is 5.73. The highest BCUT2D eigenvalue weighted by atomic mass is 35.5. The normalized spacial score (nSPS) is 12.2. The van der Waals surface area contributed by atoms with E-state index in [1.807, 2.05) is 63.2 Å². The molecular formula is C31H37Cl2N3O4S. The Morgan fingerprint density at radius 1 is 0.927 bits per heavy atom. The number of nitrogens with one attached hydrogen (secondary N) is 1. The topological polar surface area (TPSA) is 86.8 Å². The van der Waals surface area contributed by atoms with Gasteiger partial charge in [-0.05, 0) is 53.3 Å². The van der Waals surface area contributed by atoms with Crippen molar-refractivity contribution in [2.24, 2.45) is 5.92 Å². The first-order chi connectivity index (χ1) is 19.4. The summed E-state index contributed by atoms with van der Waals surface area (Å²) in [5, 5.41) is 3.73. The molecule has 3 rings (SSSR count). The van der Waals surface area contributed by atoms with E-state index in [4.69, 9.17) is 23.2 Å². The molecule has 41 heavy (non-hydrogen) atoms. The van der Waals surface area contributed by atoms with Crippen molar-refractivity contribution in [3.8, 4) is 0 Å². The van der Waals surface area contributed by atoms with E-state index in [0.29, 0.717) is 27.8 Å². The zero-order valence-corrected chi connectivity index (χ0v) is 26.1. The standard InChI is InChI=1S/C31H37Cl2N3O4S/c1-5-23-11-15-27(16-12-23)36(41(4,39)40)21-30(37)35(20-25-13-14-26(32)18-28(25)33)29(31(38)34-19-22(2)3)17-24-9-7-6-8-10-24/h6-16,18,22,29H,5,17,19-21H2,1-4H3,(H,34,38)/t29-/m1/s1. The fourth-order valence-corrected chi connectivity index (χ4v) is 5.64. The van der Waals surface area contributed by atoms with Crippen LogP contribution in [0.1, 0.15) is 37.5 Å². The van der Waals surface area contributed by atoms with Crippen LogP contribution in [0.5, 0.6) is 0 Å². The van der Waals surface area contributed by atoms with E-state index in [1.165, 1.54) is 4.90 Å². The molecule has 0 aliphatic rings. The largest absolute Gasteiger partial charge is 0.354 e. The van der Waals surface area contributed by atoms with Gasteiger partial charge in [0.05, 0.1) is 11.9 Å². The number of anilines is 1. The van der Waals surface area contributed by atoms with Crippen LogP contribution in [-0.4, -0.2) is 50.5 Å². The number of sulfonamides is 1. The molecule has 0 unspecified atom stereocenters. The first kappa shape index (κ1) is 32.4. The second kappa shape index (κ2) is 14.7. The summed E-state index contributed by atoms with van der Waals surface area (Å²) < 4.78 is 26.9. The quantitative estimate of drug-likeness (QED) is 0.265. The van der Waals surface area contributed by atoms with E-state index in [-0.39, 0.29) is 24.8 Å². The average molecular weight is 619 g/mol. The Balaban J connectivity index is 2.06. The molecule has 7 nitrogen and oxygen atoms in total. The van der Waals surface area contributed by atoms with Gasteiger partial charge in [0, 0.05) is 29.6 Å². The van der Waals surface area contributed by atoms with Gasteiger partial charge in [-0.3, -0.25) is 13.9 Å². The van der Waals surface area contributed by atoms with Gasteiger partial charge in [-0.2, -0.15) is 0 Å². The summed E-state index contributed by atoms with van der Waals surface area (Å²) in [6, 6.07) is 20.4. The third-order valence-electron chi connectivity index (χ3n) is 6.62. The lowest BCUT2D eigenvalue weighted by molar-refractivity contribution is -0.140. The molecule has 0 aliphatic heterocycles. The Labute approximate surface area is 253 Å². The number of hydrogen-bond donors (Lipinski definition) is 1. The monoisotopic (exact) mass is 617 g/mol. The van der Waals surface area contributed by atoms with Crippen LogP contribution in [0.3, 0.4) is 0 Å². The van der Waals surface area contributed by atoms with Crippen LogP contribution >= 0.6 is 23.2 Å². The highest BCUT2D eigenvalue weighted by Gasteiger charge is 2.33. The van der Waals surface area contributed by atoms with Crippen LogP contribution in [0.15, 0.2) is 72.8 Å². The van der Waals surface area contributed by atoms with Crippen molar-refractivity contribution in [2.75, 3.05) is 23.7 Å². The highest BCUT2D eigenvalue weighted by Crippen LogP contribution is 2.25. The molecule has 0 heterocycles. The van der Waals surface area contributed by atoms with Gasteiger partial charge in [0.2, 0.25) is 21.8 Å². The SMILES string of the molecule is CCc1ccc(N(CC(=O)N(Cc2ccc(Cl)cc2Cl)[C@H](Cc2ccccc2)C(=O)NCC(C)C)S(C)(=O)=O)cc1. The van der Waals surface area contributed by atoms with Crippen molar-refractivity contribution in [3.63, 3.8) is 0 Å². The molecule has 220 valence electrons. The lowest BCUT2D eigenvalue weighted by Gasteiger charge is -2.34. The molecule has 0 spiro atoms. The number of amides is 2. The van der Waals surface area contributed by atoms with E-state index in [9.17, 15) is 18.0 Å². The first-order valence-electron chi connectivity index (χ1n) is 13.5. The van der Waals surface area contributed by atoms with Crippen molar-refractivity contribution in [3.05, 3.63) is 99.5 Å². The summed E-state index contributed by atoms with van der Waals surface area (Å²) in [6.45, 7) is 5.89. The molecule has 0 fully saturated rings. The number of rotatable bonds is 13. The maximum Gasteiger partial charge on any atom is 0.244 e. The molecule has 1 N–H and O–H groups in total. The van der Waals surface area contributed by atoms with E-state index in [2.05, 4.69) is 5.32 Å². The lowest BCUT2D eigenvalue weighted by atomic mass is 10.0. The molecule has 3 aromatic carbocycles. The van der Waals surface area contributed by atoms with Crippen molar-refractivity contribution >= 4 is 50.7 Å². The number of benzene rings is 3. The smallest absolute Gasteiger partial charge is 0.244 e. The third kappa shape index (κ3) is 9.48. The van der Waals surface area contributed by atoms with Crippen LogP contribution in [0.2, 0.25) is 10.0 Å². The first-order valence-corrected chi connectivity index (χ1v) is 16.1. The van der Waals surface area contributed by atoms with Gasteiger partial charge in [0.15, 0.2) is 0 Å². The zero-order valence-electron chi connectivity index (χ0n) is 23.8. The Bertz CT molecular complexity index is 1430. The summed E-state index contributed by atoms with van der Waals surface area (Å²) in [5.74, 6) is -0.682. The number of nitrogens with zero attached hydrogens (tertiary/aromatic N) is 2. The Kier molecular flexibility index (Phi) is 11.6. The number of aryl methyl sites for hydroxylation is 1. The minimum Gasteiger partial charge on any atom is -0.354 e. The average Bonchev–Trinajstić information content (AvgIpc) is 2.93. The van der Waals surface area contributed by atoms with Crippen molar-refractivity contribution in [1.82, 2.24) is 10.2 Å². The van der Waals surface area contributed by atoms with Gasteiger partial charge in [-0.1, -0.05) is 92.5 Å². The molecule has 3 aromatic rings. The predicted molar refractivity (Wildman–Crippen MR) is 167 cm³/mol. The van der Waals surface area contributed by atoms with Crippen molar-refractivity contribution < 1.29 is 18.0 Å². The highest BCUT2D eigenvalue weighted by molar-refractivity contribution is 7.92. The van der Waals surface area contributed by atoms with Crippen LogP contribution in [-0.2, 0) is 39.0 Å². The number of carbonyl (C=O) groups is 2. The number of hydrogen-bond acceptors (Lipinski definition) is 4. The zero-order chi connectivity index (χ0) is 30.2. The molecule has 0 bridgehead atoms. The van der Waals surface area contributed by atoms with Crippen LogP contribution in [0.4, 0.5) is 5.69 Å². The number of halogens is 2. The van der Waals surface area contributed by atoms with Gasteiger partial charge < -0.3 is 10.2 Å². The van der Waals surface area contributed by atoms with E-state index < -0.39 is 28.5 Å². The van der Waals surface area contributed by atoms with Gasteiger partial charge >= 0.3 is 0 Å². The van der Waals surface area contributed by atoms with Crippen LogP contribution in [0.25, 0.3) is 0 Å². The maximum atomic E-state index is 14.1. The molecule has 0 aliphatic carbocycles. The lowest BCUT2D eigenvalue weighted by Crippen LogP contribution is -2.53. The third-order valence-corrected chi connectivity index (χ3v) is 8.35. The number of carbonyl (C=O) groups excluding carboxylic acids is 2. The summed E-state index contributed by atoms with van der Waals surface area (Å²) in [4.78, 5) is 29.2. The minimum absolute atomic E-state index is 0.0200. The van der Waals surface area contributed by atoms with E-state index in [0.717, 1.165) is 28.1 Å². The minimum atomic E-state index is -3.84. The van der Waals surface area contributed by atoms with E-state index in [1.54, 1.807) is 30.3 Å². The molecule has 0 saturated carbocycles. The maximum absolute atomic E-state index is 14.1. The van der Waals surface area contributed by atoms with Gasteiger partial charge in [0.1, 0.15) is 12.6 Å². The molecule has 2 amide bonds. The van der Waals surface area contributed by atoms with E-state index >= 15 is 0 Å². The van der Waals surface area contributed by atoms with Crippen LogP contribution < -0.4 is 9.62 Å².